The van der Waals surface area contributed by atoms with E-state index in [1.807, 2.05) is 65.2 Å². The minimum Gasteiger partial charge on any atom is -0.444 e. The van der Waals surface area contributed by atoms with Crippen LogP contribution >= 0.6 is 0 Å². The summed E-state index contributed by atoms with van der Waals surface area (Å²) in [6, 6.07) is 7.27. The Bertz CT molecular complexity index is 1520. The highest BCUT2D eigenvalue weighted by Gasteiger charge is 2.25. The highest BCUT2D eigenvalue weighted by atomic mass is 16.6. The molecule has 0 aromatic carbocycles. The summed E-state index contributed by atoms with van der Waals surface area (Å²) in [7, 11) is 0. The number of amides is 1. The number of pyridine rings is 1. The van der Waals surface area contributed by atoms with Crippen molar-refractivity contribution in [2.45, 2.75) is 46.6 Å². The maximum atomic E-state index is 13.0. The number of fused-ring (bicyclic) bond motifs is 2. The van der Waals surface area contributed by atoms with Gasteiger partial charge in [0.1, 0.15) is 16.9 Å². The predicted molar refractivity (Wildman–Crippen MR) is 137 cm³/mol. The lowest BCUT2D eigenvalue weighted by Crippen LogP contribution is -2.36. The molecule has 0 spiro atoms. The van der Waals surface area contributed by atoms with E-state index in [0.717, 1.165) is 42.1 Å². The van der Waals surface area contributed by atoms with Crippen molar-refractivity contribution >= 4 is 22.9 Å². The average Bonchev–Trinajstić information content (AvgIpc) is 3.44. The molecule has 36 heavy (non-hydrogen) atoms. The average molecular weight is 490 g/mol. The van der Waals surface area contributed by atoms with Gasteiger partial charge in [-0.1, -0.05) is 0 Å². The Balaban J connectivity index is 1.33. The minimum absolute atomic E-state index is 0.165. The Hall–Kier alpha value is -3.95. The molecule has 5 rings (SSSR count). The summed E-state index contributed by atoms with van der Waals surface area (Å²) in [6.45, 7) is 11.6. The lowest BCUT2D eigenvalue weighted by molar-refractivity contribution is 0.0520. The van der Waals surface area contributed by atoms with Crippen LogP contribution in [0.2, 0.25) is 0 Å². The molecule has 1 aliphatic rings. The van der Waals surface area contributed by atoms with Crippen LogP contribution in [0.4, 0.5) is 10.5 Å². The molecule has 1 atom stereocenters. The number of nitrogens with one attached hydrogen (secondary N) is 1. The molecule has 4 aromatic rings. The van der Waals surface area contributed by atoms with Crippen molar-refractivity contribution in [1.29, 1.82) is 0 Å². The van der Waals surface area contributed by atoms with Crippen molar-refractivity contribution in [2.75, 3.05) is 24.5 Å². The van der Waals surface area contributed by atoms with Crippen LogP contribution in [0, 0.1) is 19.8 Å². The maximum absolute atomic E-state index is 13.0. The lowest BCUT2D eigenvalue weighted by atomic mass is 10.1. The van der Waals surface area contributed by atoms with Gasteiger partial charge in [-0.05, 0) is 65.2 Å². The molecule has 0 saturated carbocycles. The number of ether oxygens (including phenoxy) is 1. The molecular formula is C26H31N7O3. The topological polar surface area (TPSA) is 106 Å². The number of rotatable bonds is 4. The Morgan fingerprint density at radius 3 is 2.72 bits per heavy atom. The van der Waals surface area contributed by atoms with Crippen molar-refractivity contribution in [3.63, 3.8) is 0 Å². The van der Waals surface area contributed by atoms with Gasteiger partial charge in [0, 0.05) is 31.9 Å². The lowest BCUT2D eigenvalue weighted by Gasteiger charge is -2.21. The smallest absolute Gasteiger partial charge is 0.407 e. The van der Waals surface area contributed by atoms with Gasteiger partial charge in [-0.15, -0.1) is 0 Å². The molecule has 0 bridgehead atoms. The van der Waals surface area contributed by atoms with Crippen LogP contribution in [0.5, 0.6) is 0 Å². The van der Waals surface area contributed by atoms with E-state index >= 15 is 0 Å². The molecule has 1 amide bonds. The molecule has 1 aliphatic heterocycles. The summed E-state index contributed by atoms with van der Waals surface area (Å²) in [4.78, 5) is 36.4. The number of carbonyl (C=O) groups excluding carboxylic acids is 1. The van der Waals surface area contributed by atoms with E-state index in [0.29, 0.717) is 29.5 Å². The van der Waals surface area contributed by atoms with E-state index in [4.69, 9.17) is 9.72 Å². The SMILES string of the molecule is Cc1cn2nc(-c3cc(=O)n4cc(N5CC[C@@H](CNC(=O)OC(C)(C)C)C5)ccc4n3)cc2c(C)n1. The fourth-order valence-corrected chi connectivity index (χ4v) is 4.60. The van der Waals surface area contributed by atoms with Crippen molar-refractivity contribution in [2.24, 2.45) is 5.92 Å². The normalized spacial score (nSPS) is 16.1. The number of alkyl carbamates (subject to hydrolysis) is 1. The first-order chi connectivity index (χ1) is 17.1. The third kappa shape index (κ3) is 4.89. The third-order valence-corrected chi connectivity index (χ3v) is 6.25. The van der Waals surface area contributed by atoms with Gasteiger partial charge in [-0.2, -0.15) is 5.10 Å². The summed E-state index contributed by atoms with van der Waals surface area (Å²) >= 11 is 0. The summed E-state index contributed by atoms with van der Waals surface area (Å²) in [5, 5.41) is 7.47. The first-order valence-electron chi connectivity index (χ1n) is 12.1. The molecule has 1 fully saturated rings. The molecule has 0 radical (unpaired) electrons. The molecule has 188 valence electrons. The zero-order chi connectivity index (χ0) is 25.6. The second kappa shape index (κ2) is 8.92. The van der Waals surface area contributed by atoms with Crippen molar-refractivity contribution in [3.05, 3.63) is 58.4 Å². The molecule has 4 aromatic heterocycles. The zero-order valence-electron chi connectivity index (χ0n) is 21.3. The predicted octanol–water partition coefficient (Wildman–Crippen LogP) is 3.37. The van der Waals surface area contributed by atoms with Crippen LogP contribution in [0.25, 0.3) is 22.6 Å². The molecule has 0 unspecified atom stereocenters. The van der Waals surface area contributed by atoms with E-state index in [-0.39, 0.29) is 5.56 Å². The zero-order valence-corrected chi connectivity index (χ0v) is 21.3. The highest BCUT2D eigenvalue weighted by Crippen LogP contribution is 2.25. The van der Waals surface area contributed by atoms with Crippen LogP contribution in [0.15, 0.2) is 41.5 Å². The Labute approximate surface area is 208 Å². The Morgan fingerprint density at radius 1 is 1.14 bits per heavy atom. The summed E-state index contributed by atoms with van der Waals surface area (Å²) in [6.07, 6.45) is 4.24. The Kier molecular flexibility index (Phi) is 5.89. The van der Waals surface area contributed by atoms with E-state index in [1.165, 1.54) is 6.07 Å². The second-order valence-electron chi connectivity index (χ2n) is 10.4. The molecule has 5 heterocycles. The van der Waals surface area contributed by atoms with Crippen LogP contribution < -0.4 is 15.8 Å². The van der Waals surface area contributed by atoms with Gasteiger partial charge in [0.25, 0.3) is 5.56 Å². The van der Waals surface area contributed by atoms with E-state index < -0.39 is 11.7 Å². The fourth-order valence-electron chi connectivity index (χ4n) is 4.60. The van der Waals surface area contributed by atoms with Gasteiger partial charge in [-0.3, -0.25) is 14.2 Å². The molecular weight excluding hydrogens is 458 g/mol. The number of aromatic nitrogens is 5. The maximum Gasteiger partial charge on any atom is 0.407 e. The number of hydrogen-bond donors (Lipinski definition) is 1. The second-order valence-corrected chi connectivity index (χ2v) is 10.4. The third-order valence-electron chi connectivity index (χ3n) is 6.25. The van der Waals surface area contributed by atoms with E-state index in [9.17, 15) is 9.59 Å². The van der Waals surface area contributed by atoms with Gasteiger partial charge in [0.15, 0.2) is 0 Å². The van der Waals surface area contributed by atoms with Gasteiger partial charge < -0.3 is 15.0 Å². The summed E-state index contributed by atoms with van der Waals surface area (Å²) < 4.78 is 8.67. The van der Waals surface area contributed by atoms with Crippen LogP contribution in [-0.2, 0) is 4.74 Å². The summed E-state index contributed by atoms with van der Waals surface area (Å²) in [5.41, 5.74) is 4.63. The van der Waals surface area contributed by atoms with Crippen molar-refractivity contribution < 1.29 is 9.53 Å². The van der Waals surface area contributed by atoms with Gasteiger partial charge >= 0.3 is 6.09 Å². The molecule has 1 N–H and O–H groups in total. The number of aryl methyl sites for hydroxylation is 2. The quantitative estimate of drug-likeness (QED) is 0.468. The molecule has 0 aliphatic carbocycles. The standard InChI is InChI=1S/C26H31N7O3/c1-16-13-33-22(17(2)28-16)10-21(30-33)20-11-24(34)32-15-19(6-7-23(32)29-20)31-9-8-18(14-31)12-27-25(35)36-26(3,4)5/h6-7,10-11,13,15,18H,8-9,12,14H2,1-5H3,(H,27,35)/t18-/m0/s1. The monoisotopic (exact) mass is 489 g/mol. The summed E-state index contributed by atoms with van der Waals surface area (Å²) in [5.74, 6) is 0.307. The highest BCUT2D eigenvalue weighted by molar-refractivity contribution is 5.68. The molecule has 10 heteroatoms. The Morgan fingerprint density at radius 2 is 1.94 bits per heavy atom. The molecule has 1 saturated heterocycles. The van der Waals surface area contributed by atoms with Crippen molar-refractivity contribution in [3.8, 4) is 11.4 Å². The largest absolute Gasteiger partial charge is 0.444 e. The van der Waals surface area contributed by atoms with Gasteiger partial charge in [0.2, 0.25) is 0 Å². The van der Waals surface area contributed by atoms with Crippen LogP contribution in [-0.4, -0.2) is 55.3 Å². The van der Waals surface area contributed by atoms with Gasteiger partial charge in [-0.25, -0.2) is 14.3 Å². The first kappa shape index (κ1) is 23.8. The van der Waals surface area contributed by atoms with Crippen molar-refractivity contribution in [1.82, 2.24) is 29.3 Å². The van der Waals surface area contributed by atoms with Crippen LogP contribution in [0.3, 0.4) is 0 Å². The van der Waals surface area contributed by atoms with E-state index in [1.54, 1.807) is 8.92 Å². The van der Waals surface area contributed by atoms with E-state index in [2.05, 4.69) is 20.3 Å². The van der Waals surface area contributed by atoms with Gasteiger partial charge in [0.05, 0.1) is 34.5 Å². The minimum atomic E-state index is -0.515. The van der Waals surface area contributed by atoms with Crippen LogP contribution in [0.1, 0.15) is 38.6 Å². The number of carbonyl (C=O) groups is 1. The number of nitrogens with zero attached hydrogens (tertiary/aromatic N) is 6. The molecule has 10 nitrogen and oxygen atoms in total. The number of anilines is 1. The fraction of sp³-hybridized carbons (Fsp3) is 0.423. The number of hydrogen-bond acceptors (Lipinski definition) is 7. The first-order valence-corrected chi connectivity index (χ1v) is 12.1.